The summed E-state index contributed by atoms with van der Waals surface area (Å²) < 4.78 is 63.3. The average molecular weight is 330 g/mol. The van der Waals surface area contributed by atoms with Gasteiger partial charge in [0.15, 0.2) is 0 Å². The van der Waals surface area contributed by atoms with Gasteiger partial charge < -0.3 is 4.18 Å². The minimum Gasteiger partial charge on any atom is -0.376 e. The summed E-state index contributed by atoms with van der Waals surface area (Å²) in [6.07, 6.45) is 0. The standard InChI is InChI=1S/C15H13F3O3S/c1-10-5-3-6-11(2)14(10)12-7-4-8-13(9-12)21-22(19,20)15(16,17)18/h3-9H,1-2H3. The van der Waals surface area contributed by atoms with Crippen LogP contribution >= 0.6 is 0 Å². The second kappa shape index (κ2) is 5.64. The van der Waals surface area contributed by atoms with Gasteiger partial charge in [-0.25, -0.2) is 0 Å². The molecule has 0 heterocycles. The quantitative estimate of drug-likeness (QED) is 0.626. The van der Waals surface area contributed by atoms with E-state index in [2.05, 4.69) is 4.18 Å². The van der Waals surface area contributed by atoms with Gasteiger partial charge in [0.2, 0.25) is 0 Å². The summed E-state index contributed by atoms with van der Waals surface area (Å²) in [4.78, 5) is 0. The molecule has 0 amide bonds. The van der Waals surface area contributed by atoms with Gasteiger partial charge in [-0.3, -0.25) is 0 Å². The van der Waals surface area contributed by atoms with Crippen LogP contribution in [0.15, 0.2) is 42.5 Å². The van der Waals surface area contributed by atoms with E-state index in [1.54, 1.807) is 6.07 Å². The Labute approximate surface area is 126 Å². The van der Waals surface area contributed by atoms with E-state index in [0.717, 1.165) is 16.7 Å². The Morgan fingerprint density at radius 3 is 2.05 bits per heavy atom. The zero-order chi connectivity index (χ0) is 16.5. The van der Waals surface area contributed by atoms with E-state index in [1.165, 1.54) is 18.2 Å². The van der Waals surface area contributed by atoms with Gasteiger partial charge in [0.1, 0.15) is 5.75 Å². The van der Waals surface area contributed by atoms with Gasteiger partial charge in [-0.05, 0) is 48.2 Å². The molecule has 118 valence electrons. The summed E-state index contributed by atoms with van der Waals surface area (Å²) in [6.45, 7) is 3.73. The summed E-state index contributed by atoms with van der Waals surface area (Å²) in [5.74, 6) is -0.377. The van der Waals surface area contributed by atoms with Crippen molar-refractivity contribution >= 4 is 10.1 Å². The molecule has 0 spiro atoms. The maximum atomic E-state index is 12.4. The van der Waals surface area contributed by atoms with E-state index < -0.39 is 15.6 Å². The Bertz CT molecular complexity index is 776. The summed E-state index contributed by atoms with van der Waals surface area (Å²) in [6, 6.07) is 11.2. The molecule has 0 N–H and O–H groups in total. The largest absolute Gasteiger partial charge is 0.534 e. The molecule has 2 rings (SSSR count). The molecule has 2 aromatic carbocycles. The van der Waals surface area contributed by atoms with Crippen molar-refractivity contribution in [2.75, 3.05) is 0 Å². The number of benzene rings is 2. The molecule has 2 aromatic rings. The highest BCUT2D eigenvalue weighted by molar-refractivity contribution is 7.88. The maximum absolute atomic E-state index is 12.4. The zero-order valence-corrected chi connectivity index (χ0v) is 12.6. The van der Waals surface area contributed by atoms with E-state index >= 15 is 0 Å². The van der Waals surface area contributed by atoms with Crippen molar-refractivity contribution in [3.63, 3.8) is 0 Å². The Kier molecular flexibility index (Phi) is 4.19. The lowest BCUT2D eigenvalue weighted by Crippen LogP contribution is -2.28. The first-order valence-electron chi connectivity index (χ1n) is 6.29. The summed E-state index contributed by atoms with van der Waals surface area (Å²) >= 11 is 0. The van der Waals surface area contributed by atoms with E-state index in [-0.39, 0.29) is 5.75 Å². The molecule has 0 saturated heterocycles. The molecular weight excluding hydrogens is 317 g/mol. The minimum atomic E-state index is -5.67. The van der Waals surface area contributed by atoms with Gasteiger partial charge in [-0.15, -0.1) is 0 Å². The second-order valence-corrected chi connectivity index (χ2v) is 6.32. The van der Waals surface area contributed by atoms with Crippen LogP contribution < -0.4 is 4.18 Å². The SMILES string of the molecule is Cc1cccc(C)c1-c1cccc(OS(=O)(=O)C(F)(F)F)c1. The van der Waals surface area contributed by atoms with Crippen LogP contribution in [0.25, 0.3) is 11.1 Å². The van der Waals surface area contributed by atoms with E-state index in [1.807, 2.05) is 32.0 Å². The lowest BCUT2D eigenvalue weighted by atomic mass is 9.96. The maximum Gasteiger partial charge on any atom is 0.534 e. The molecular formula is C15H13F3O3S. The van der Waals surface area contributed by atoms with Gasteiger partial charge in [0, 0.05) is 0 Å². The van der Waals surface area contributed by atoms with Crippen LogP contribution in [0.2, 0.25) is 0 Å². The van der Waals surface area contributed by atoms with Crippen molar-refractivity contribution in [1.29, 1.82) is 0 Å². The van der Waals surface area contributed by atoms with Crippen LogP contribution in [-0.4, -0.2) is 13.9 Å². The highest BCUT2D eigenvalue weighted by atomic mass is 32.2. The number of aryl methyl sites for hydroxylation is 2. The van der Waals surface area contributed by atoms with Crippen molar-refractivity contribution in [2.24, 2.45) is 0 Å². The van der Waals surface area contributed by atoms with Crippen molar-refractivity contribution < 1.29 is 25.8 Å². The van der Waals surface area contributed by atoms with Gasteiger partial charge in [0.25, 0.3) is 0 Å². The van der Waals surface area contributed by atoms with Crippen LogP contribution in [-0.2, 0) is 10.1 Å². The number of hydrogen-bond acceptors (Lipinski definition) is 3. The predicted octanol–water partition coefficient (Wildman–Crippen LogP) is 4.20. The molecule has 0 aliphatic heterocycles. The summed E-state index contributed by atoms with van der Waals surface area (Å²) in [5, 5.41) is 0. The number of hydrogen-bond donors (Lipinski definition) is 0. The molecule has 0 aromatic heterocycles. The van der Waals surface area contributed by atoms with Crippen molar-refractivity contribution in [1.82, 2.24) is 0 Å². The summed E-state index contributed by atoms with van der Waals surface area (Å²) in [7, 11) is -5.67. The lowest BCUT2D eigenvalue weighted by Gasteiger charge is -2.13. The fraction of sp³-hybridized carbons (Fsp3) is 0.200. The fourth-order valence-corrected chi connectivity index (χ4v) is 2.60. The van der Waals surface area contributed by atoms with Crippen LogP contribution in [0, 0.1) is 13.8 Å². The zero-order valence-electron chi connectivity index (χ0n) is 11.8. The van der Waals surface area contributed by atoms with Crippen molar-refractivity contribution in [3.8, 4) is 16.9 Å². The molecule has 0 saturated carbocycles. The number of halogens is 3. The predicted molar refractivity (Wildman–Crippen MR) is 77.0 cm³/mol. The van der Waals surface area contributed by atoms with Gasteiger partial charge in [-0.2, -0.15) is 21.6 Å². The Balaban J connectivity index is 2.45. The molecule has 7 heteroatoms. The molecule has 0 unspecified atom stereocenters. The van der Waals surface area contributed by atoms with Crippen molar-refractivity contribution in [3.05, 3.63) is 53.6 Å². The molecule has 3 nitrogen and oxygen atoms in total. The van der Waals surface area contributed by atoms with Gasteiger partial charge >= 0.3 is 15.6 Å². The first-order chi connectivity index (χ1) is 10.1. The molecule has 0 fully saturated rings. The first-order valence-corrected chi connectivity index (χ1v) is 7.70. The van der Waals surface area contributed by atoms with Crippen LogP contribution in [0.3, 0.4) is 0 Å². The number of rotatable bonds is 3. The minimum absolute atomic E-state index is 0.377. The van der Waals surface area contributed by atoms with E-state index in [4.69, 9.17) is 0 Å². The second-order valence-electron chi connectivity index (χ2n) is 4.78. The van der Waals surface area contributed by atoms with E-state index in [9.17, 15) is 21.6 Å². The third-order valence-electron chi connectivity index (χ3n) is 3.09. The summed E-state index contributed by atoms with van der Waals surface area (Å²) in [5.41, 5.74) is -2.18. The normalized spacial score (nSPS) is 12.2. The van der Waals surface area contributed by atoms with Crippen LogP contribution in [0.1, 0.15) is 11.1 Å². The molecule has 0 aliphatic carbocycles. The molecule has 0 atom stereocenters. The monoisotopic (exact) mass is 330 g/mol. The van der Waals surface area contributed by atoms with Crippen LogP contribution in [0.5, 0.6) is 5.75 Å². The van der Waals surface area contributed by atoms with Gasteiger partial charge in [0.05, 0.1) is 0 Å². The fourth-order valence-electron chi connectivity index (χ4n) is 2.15. The Morgan fingerprint density at radius 1 is 0.955 bits per heavy atom. The Morgan fingerprint density at radius 2 is 1.50 bits per heavy atom. The Hall–Kier alpha value is -2.02. The third-order valence-corrected chi connectivity index (χ3v) is 4.07. The highest BCUT2D eigenvalue weighted by Gasteiger charge is 2.48. The van der Waals surface area contributed by atoms with Crippen LogP contribution in [0.4, 0.5) is 13.2 Å². The third kappa shape index (κ3) is 3.24. The number of alkyl halides is 3. The molecule has 22 heavy (non-hydrogen) atoms. The average Bonchev–Trinajstić information content (AvgIpc) is 2.37. The smallest absolute Gasteiger partial charge is 0.376 e. The highest BCUT2D eigenvalue weighted by Crippen LogP contribution is 2.32. The lowest BCUT2D eigenvalue weighted by molar-refractivity contribution is -0.0500. The van der Waals surface area contributed by atoms with Crippen molar-refractivity contribution in [2.45, 2.75) is 19.4 Å². The van der Waals surface area contributed by atoms with Gasteiger partial charge in [-0.1, -0.05) is 30.3 Å². The molecule has 0 bridgehead atoms. The first kappa shape index (κ1) is 16.4. The van der Waals surface area contributed by atoms with E-state index in [0.29, 0.717) is 5.56 Å². The molecule has 0 radical (unpaired) electrons. The molecule has 0 aliphatic rings. The topological polar surface area (TPSA) is 43.4 Å².